The van der Waals surface area contributed by atoms with E-state index in [9.17, 15) is 4.79 Å². The molecule has 1 aliphatic rings. The standard InChI is InChI=1S/C25H36N4O.C8H14/c1-5-19(2)20(3)9-7-6-8-10-21(4)23-17-25(30)29-18-22(11-12-24(29)27-23)28-15-13-26-14-16-28;1-4-6-7-8(3)5-2/h9-12,17-19,26H,5-8,13-16H2,1-4H3;5,7H,2,4,6H2,1,3H3/b20-9-,21-10+;8-7-. The van der Waals surface area contributed by atoms with E-state index in [1.807, 2.05) is 25.3 Å². The van der Waals surface area contributed by atoms with Gasteiger partial charge in [-0.15, -0.1) is 0 Å². The van der Waals surface area contributed by atoms with Gasteiger partial charge in [-0.2, -0.15) is 0 Å². The number of hydrogen-bond acceptors (Lipinski definition) is 4. The molecule has 0 aliphatic carbocycles. The predicted molar refractivity (Wildman–Crippen MR) is 166 cm³/mol. The van der Waals surface area contributed by atoms with Gasteiger partial charge in [0.2, 0.25) is 0 Å². The van der Waals surface area contributed by atoms with Gasteiger partial charge in [-0.05, 0) is 76.5 Å². The van der Waals surface area contributed by atoms with Crippen molar-refractivity contribution in [3.8, 4) is 0 Å². The quantitative estimate of drug-likeness (QED) is 0.189. The van der Waals surface area contributed by atoms with Gasteiger partial charge in [0.1, 0.15) is 5.65 Å². The molecule has 3 rings (SSSR count). The lowest BCUT2D eigenvalue weighted by Crippen LogP contribution is -2.43. The molecule has 1 fully saturated rings. The smallest absolute Gasteiger partial charge is 0.258 e. The second-order valence-corrected chi connectivity index (χ2v) is 10.3. The minimum atomic E-state index is -0.0214. The molecule has 38 heavy (non-hydrogen) atoms. The summed E-state index contributed by atoms with van der Waals surface area (Å²) < 4.78 is 1.66. The molecular weight excluding hydrogens is 468 g/mol. The Labute approximate surface area is 231 Å². The fraction of sp³-hybridized carbons (Fsp3) is 0.515. The molecule has 0 bridgehead atoms. The van der Waals surface area contributed by atoms with E-state index in [1.54, 1.807) is 10.5 Å². The van der Waals surface area contributed by atoms with Crippen LogP contribution in [0.3, 0.4) is 0 Å². The van der Waals surface area contributed by atoms with E-state index in [0.29, 0.717) is 11.6 Å². The van der Waals surface area contributed by atoms with Crippen LogP contribution in [-0.4, -0.2) is 35.6 Å². The molecule has 0 spiro atoms. The Morgan fingerprint density at radius 1 is 1.08 bits per heavy atom. The molecule has 5 nitrogen and oxygen atoms in total. The minimum absolute atomic E-state index is 0.0214. The zero-order chi connectivity index (χ0) is 27.9. The normalized spacial score (nSPS) is 15.7. The summed E-state index contributed by atoms with van der Waals surface area (Å²) in [5, 5.41) is 3.36. The van der Waals surface area contributed by atoms with Gasteiger partial charge in [0.05, 0.1) is 11.4 Å². The third kappa shape index (κ3) is 10.1. The fourth-order valence-corrected chi connectivity index (χ4v) is 4.25. The molecule has 0 aromatic carbocycles. The second-order valence-electron chi connectivity index (χ2n) is 10.3. The molecule has 1 aliphatic heterocycles. The number of unbranched alkanes of at least 4 members (excludes halogenated alkanes) is 3. The summed E-state index contributed by atoms with van der Waals surface area (Å²) >= 11 is 0. The van der Waals surface area contributed by atoms with Crippen LogP contribution in [0.25, 0.3) is 11.2 Å². The SMILES string of the molecule is C=C/C(C)=C\CCC.CCC(C)/C(C)=C\CCC/C=C(\C)c1cc(=O)n2cc(N3CCNCC3)ccc2n1. The van der Waals surface area contributed by atoms with Crippen molar-refractivity contribution < 1.29 is 0 Å². The summed E-state index contributed by atoms with van der Waals surface area (Å²) in [6, 6.07) is 5.69. The van der Waals surface area contributed by atoms with Crippen molar-refractivity contribution in [3.63, 3.8) is 0 Å². The average Bonchev–Trinajstić information content (AvgIpc) is 2.95. The number of piperazine rings is 1. The largest absolute Gasteiger partial charge is 0.368 e. The molecule has 2 aromatic heterocycles. The molecule has 0 radical (unpaired) electrons. The first-order chi connectivity index (χ1) is 18.3. The van der Waals surface area contributed by atoms with Gasteiger partial charge in [-0.3, -0.25) is 9.20 Å². The molecule has 0 saturated carbocycles. The number of nitrogens with one attached hydrogen (secondary N) is 1. The van der Waals surface area contributed by atoms with Crippen LogP contribution >= 0.6 is 0 Å². The molecule has 3 heterocycles. The van der Waals surface area contributed by atoms with Crippen molar-refractivity contribution in [1.82, 2.24) is 14.7 Å². The number of aromatic nitrogens is 2. The van der Waals surface area contributed by atoms with Crippen molar-refractivity contribution in [2.24, 2.45) is 5.92 Å². The Morgan fingerprint density at radius 3 is 2.45 bits per heavy atom. The molecule has 1 saturated heterocycles. The first-order valence-corrected chi connectivity index (χ1v) is 14.4. The van der Waals surface area contributed by atoms with Crippen LogP contribution in [0.4, 0.5) is 5.69 Å². The Morgan fingerprint density at radius 2 is 1.79 bits per heavy atom. The Hall–Kier alpha value is -2.92. The lowest BCUT2D eigenvalue weighted by molar-refractivity contribution is 0.588. The van der Waals surface area contributed by atoms with E-state index in [-0.39, 0.29) is 5.56 Å². The van der Waals surface area contributed by atoms with Crippen LogP contribution in [-0.2, 0) is 0 Å². The first kappa shape index (κ1) is 31.3. The Balaban J connectivity index is 0.000000550. The fourth-order valence-electron chi connectivity index (χ4n) is 4.25. The summed E-state index contributed by atoms with van der Waals surface area (Å²) in [5.74, 6) is 0.671. The van der Waals surface area contributed by atoms with Crippen molar-refractivity contribution in [3.05, 3.63) is 82.5 Å². The summed E-state index contributed by atoms with van der Waals surface area (Å²) in [4.78, 5) is 19.8. The molecule has 1 unspecified atom stereocenters. The summed E-state index contributed by atoms with van der Waals surface area (Å²) in [7, 11) is 0. The minimum Gasteiger partial charge on any atom is -0.368 e. The highest BCUT2D eigenvalue weighted by molar-refractivity contribution is 5.63. The molecule has 1 atom stereocenters. The van der Waals surface area contributed by atoms with Crippen molar-refractivity contribution in [2.45, 2.75) is 80.1 Å². The Kier molecular flexibility index (Phi) is 13.9. The zero-order valence-electron chi connectivity index (χ0n) is 24.7. The number of allylic oxidation sites excluding steroid dienone is 7. The van der Waals surface area contributed by atoms with Crippen LogP contribution < -0.4 is 15.8 Å². The van der Waals surface area contributed by atoms with E-state index in [4.69, 9.17) is 4.98 Å². The molecule has 1 N–H and O–H groups in total. The summed E-state index contributed by atoms with van der Waals surface area (Å²) in [5.41, 5.74) is 6.39. The van der Waals surface area contributed by atoms with E-state index in [2.05, 4.69) is 75.7 Å². The van der Waals surface area contributed by atoms with Crippen LogP contribution in [0.1, 0.15) is 85.8 Å². The van der Waals surface area contributed by atoms with Gasteiger partial charge in [0.25, 0.3) is 5.56 Å². The maximum atomic E-state index is 12.7. The summed E-state index contributed by atoms with van der Waals surface area (Å²) in [6.45, 7) is 20.6. The molecular formula is C33H50N4O. The highest BCUT2D eigenvalue weighted by Crippen LogP contribution is 2.18. The third-order valence-corrected chi connectivity index (χ3v) is 7.32. The van der Waals surface area contributed by atoms with Gasteiger partial charge in [0.15, 0.2) is 0 Å². The van der Waals surface area contributed by atoms with Crippen LogP contribution in [0.2, 0.25) is 0 Å². The van der Waals surface area contributed by atoms with E-state index < -0.39 is 0 Å². The Bertz CT molecular complexity index is 1170. The van der Waals surface area contributed by atoms with E-state index >= 15 is 0 Å². The maximum Gasteiger partial charge on any atom is 0.258 e. The number of anilines is 1. The third-order valence-electron chi connectivity index (χ3n) is 7.32. The van der Waals surface area contributed by atoms with E-state index in [0.717, 1.165) is 62.4 Å². The molecule has 5 heteroatoms. The predicted octanol–water partition coefficient (Wildman–Crippen LogP) is 7.59. The lowest BCUT2D eigenvalue weighted by Gasteiger charge is -2.29. The van der Waals surface area contributed by atoms with Gasteiger partial charge < -0.3 is 10.2 Å². The topological polar surface area (TPSA) is 49.6 Å². The van der Waals surface area contributed by atoms with Crippen molar-refractivity contribution in [2.75, 3.05) is 31.1 Å². The first-order valence-electron chi connectivity index (χ1n) is 14.4. The highest BCUT2D eigenvalue weighted by Gasteiger charge is 2.12. The van der Waals surface area contributed by atoms with Crippen LogP contribution in [0.15, 0.2) is 71.2 Å². The lowest BCUT2D eigenvalue weighted by atomic mass is 9.98. The zero-order valence-corrected chi connectivity index (χ0v) is 24.7. The number of hydrogen-bond donors (Lipinski definition) is 1. The van der Waals surface area contributed by atoms with Gasteiger partial charge >= 0.3 is 0 Å². The van der Waals surface area contributed by atoms with Crippen LogP contribution in [0, 0.1) is 5.92 Å². The number of nitrogens with zero attached hydrogens (tertiary/aromatic N) is 3. The van der Waals surface area contributed by atoms with Gasteiger partial charge in [0, 0.05) is 38.4 Å². The molecule has 208 valence electrons. The van der Waals surface area contributed by atoms with Crippen molar-refractivity contribution in [1.29, 1.82) is 0 Å². The molecule has 2 aromatic rings. The summed E-state index contributed by atoms with van der Waals surface area (Å²) in [6.07, 6.45) is 17.4. The highest BCUT2D eigenvalue weighted by atomic mass is 16.1. The van der Waals surface area contributed by atoms with Gasteiger partial charge in [-0.25, -0.2) is 4.98 Å². The monoisotopic (exact) mass is 518 g/mol. The second kappa shape index (κ2) is 16.8. The van der Waals surface area contributed by atoms with Gasteiger partial charge in [-0.1, -0.05) is 69.2 Å². The number of fused-ring (bicyclic) bond motifs is 1. The molecule has 0 amide bonds. The van der Waals surface area contributed by atoms with Crippen LogP contribution in [0.5, 0.6) is 0 Å². The average molecular weight is 519 g/mol. The van der Waals surface area contributed by atoms with E-state index in [1.165, 1.54) is 30.4 Å². The maximum absolute atomic E-state index is 12.7. The van der Waals surface area contributed by atoms with Crippen molar-refractivity contribution >= 4 is 16.9 Å². The number of pyridine rings is 1. The number of rotatable bonds is 11.